The molecule has 1 heterocycles. The number of nitrogens with zero attached hydrogens (tertiary/aromatic N) is 2. The van der Waals surface area contributed by atoms with Crippen LogP contribution in [0, 0.1) is 11.3 Å². The number of hydrogen-bond acceptors (Lipinski definition) is 5. The number of aliphatic hydroxyl groups is 1. The Hall–Kier alpha value is -1.80. The van der Waals surface area contributed by atoms with Crippen LogP contribution in [0.1, 0.15) is 12.0 Å². The van der Waals surface area contributed by atoms with Crippen LogP contribution in [-0.2, 0) is 0 Å². The number of nitriles is 1. The predicted octanol–water partition coefficient (Wildman–Crippen LogP) is 0.297. The lowest BCUT2D eigenvalue weighted by Crippen LogP contribution is -2.03. The molecule has 0 aromatic carbocycles. The van der Waals surface area contributed by atoms with Gasteiger partial charge in [0.1, 0.15) is 11.6 Å². The van der Waals surface area contributed by atoms with E-state index >= 15 is 0 Å². The molecule has 14 heavy (non-hydrogen) atoms. The second-order valence-electron chi connectivity index (χ2n) is 2.66. The van der Waals surface area contributed by atoms with Crippen molar-refractivity contribution in [1.29, 1.82) is 5.26 Å². The second-order valence-corrected chi connectivity index (χ2v) is 2.66. The number of aromatic nitrogens is 1. The molecule has 0 radical (unpaired) electrons. The van der Waals surface area contributed by atoms with Gasteiger partial charge in [-0.15, -0.1) is 0 Å². The molecule has 0 aliphatic rings. The Morgan fingerprint density at radius 1 is 1.64 bits per heavy atom. The van der Waals surface area contributed by atoms with Crippen molar-refractivity contribution < 1.29 is 9.84 Å². The van der Waals surface area contributed by atoms with E-state index in [1.165, 1.54) is 12.3 Å². The lowest BCUT2D eigenvalue weighted by Gasteiger charge is -2.05. The summed E-state index contributed by atoms with van der Waals surface area (Å²) in [6.07, 6.45) is 1.94. The monoisotopic (exact) mass is 193 g/mol. The van der Waals surface area contributed by atoms with Crippen LogP contribution in [0.5, 0.6) is 5.88 Å². The zero-order chi connectivity index (χ0) is 10.4. The van der Waals surface area contributed by atoms with Gasteiger partial charge in [-0.3, -0.25) is 0 Å². The second kappa shape index (κ2) is 5.04. The quantitative estimate of drug-likeness (QED) is 0.671. The van der Waals surface area contributed by atoms with Crippen LogP contribution in [0.15, 0.2) is 12.3 Å². The van der Waals surface area contributed by atoms with Gasteiger partial charge in [-0.25, -0.2) is 4.98 Å². The number of nitrogens with two attached hydrogens (primary N) is 1. The molecule has 5 heteroatoms. The lowest BCUT2D eigenvalue weighted by molar-refractivity contribution is 0.229. The molecule has 1 aromatic rings. The molecule has 0 aliphatic heterocycles. The Balaban J connectivity index is 2.72. The van der Waals surface area contributed by atoms with Crippen LogP contribution < -0.4 is 10.5 Å². The molecule has 74 valence electrons. The third-order valence-electron chi connectivity index (χ3n) is 1.53. The van der Waals surface area contributed by atoms with Gasteiger partial charge in [-0.05, 0) is 6.07 Å². The fraction of sp³-hybridized carbons (Fsp3) is 0.333. The van der Waals surface area contributed by atoms with Crippen molar-refractivity contribution in [2.75, 3.05) is 18.9 Å². The van der Waals surface area contributed by atoms with Crippen molar-refractivity contribution in [2.24, 2.45) is 0 Å². The summed E-state index contributed by atoms with van der Waals surface area (Å²) in [6, 6.07) is 3.43. The maximum atomic E-state index is 8.72. The van der Waals surface area contributed by atoms with E-state index in [0.29, 0.717) is 24.3 Å². The first-order chi connectivity index (χ1) is 6.77. The molecule has 0 fully saturated rings. The van der Waals surface area contributed by atoms with Gasteiger partial charge in [0.05, 0.1) is 18.5 Å². The van der Waals surface area contributed by atoms with Crippen LogP contribution in [0.3, 0.4) is 0 Å². The van der Waals surface area contributed by atoms with Gasteiger partial charge in [0.25, 0.3) is 0 Å². The zero-order valence-electron chi connectivity index (χ0n) is 7.60. The molecule has 1 aromatic heterocycles. The van der Waals surface area contributed by atoms with E-state index in [-0.39, 0.29) is 12.5 Å². The summed E-state index contributed by atoms with van der Waals surface area (Å²) in [5, 5.41) is 17.3. The van der Waals surface area contributed by atoms with Crippen LogP contribution in [-0.4, -0.2) is 23.3 Å². The molecule has 0 amide bonds. The minimum atomic E-state index is 0.0524. The Morgan fingerprint density at radius 2 is 2.43 bits per heavy atom. The van der Waals surface area contributed by atoms with Crippen molar-refractivity contribution in [2.45, 2.75) is 6.42 Å². The Morgan fingerprint density at radius 3 is 3.07 bits per heavy atom. The zero-order valence-corrected chi connectivity index (χ0v) is 7.60. The van der Waals surface area contributed by atoms with Gasteiger partial charge in [-0.2, -0.15) is 5.26 Å². The fourth-order valence-corrected chi connectivity index (χ4v) is 0.897. The minimum absolute atomic E-state index is 0.0524. The molecule has 0 saturated heterocycles. The molecule has 0 bridgehead atoms. The third-order valence-corrected chi connectivity index (χ3v) is 1.53. The van der Waals surface area contributed by atoms with E-state index in [1.807, 2.05) is 6.07 Å². The molecule has 1 rings (SSSR count). The van der Waals surface area contributed by atoms with Crippen molar-refractivity contribution in [3.05, 3.63) is 17.8 Å². The van der Waals surface area contributed by atoms with Crippen molar-refractivity contribution >= 4 is 5.69 Å². The lowest BCUT2D eigenvalue weighted by atomic mass is 10.3. The average molecular weight is 193 g/mol. The molecule has 3 N–H and O–H groups in total. The van der Waals surface area contributed by atoms with Gasteiger partial charge in [-0.1, -0.05) is 0 Å². The maximum absolute atomic E-state index is 8.72. The fourth-order valence-electron chi connectivity index (χ4n) is 0.897. The van der Waals surface area contributed by atoms with Gasteiger partial charge >= 0.3 is 0 Å². The number of ether oxygens (including phenoxy) is 1. The van der Waals surface area contributed by atoms with Crippen molar-refractivity contribution in [3.8, 4) is 11.9 Å². The summed E-state index contributed by atoms with van der Waals surface area (Å²) in [5.41, 5.74) is 6.18. The smallest absolute Gasteiger partial charge is 0.231 e. The molecule has 0 saturated carbocycles. The third kappa shape index (κ3) is 2.61. The van der Waals surface area contributed by atoms with Crippen molar-refractivity contribution in [3.63, 3.8) is 0 Å². The molecular weight excluding hydrogens is 182 g/mol. The van der Waals surface area contributed by atoms with Gasteiger partial charge in [0.2, 0.25) is 5.88 Å². The SMILES string of the molecule is N#Cc1cc(N)cnc1OCCCO. The Labute approximate surface area is 81.8 Å². The predicted molar refractivity (Wildman–Crippen MR) is 50.6 cm³/mol. The first-order valence-electron chi connectivity index (χ1n) is 4.17. The first kappa shape index (κ1) is 10.3. The molecule has 0 aliphatic carbocycles. The summed E-state index contributed by atoms with van der Waals surface area (Å²) >= 11 is 0. The normalized spacial score (nSPS) is 9.43. The van der Waals surface area contributed by atoms with Crippen LogP contribution in [0.2, 0.25) is 0 Å². The largest absolute Gasteiger partial charge is 0.477 e. The summed E-state index contributed by atoms with van der Waals surface area (Å²) in [6.45, 7) is 0.388. The summed E-state index contributed by atoms with van der Waals surface area (Å²) in [5.74, 6) is 0.259. The molecular formula is C9H11N3O2. The van der Waals surface area contributed by atoms with Crippen LogP contribution >= 0.6 is 0 Å². The van der Waals surface area contributed by atoms with E-state index in [4.69, 9.17) is 20.8 Å². The van der Waals surface area contributed by atoms with Crippen LogP contribution in [0.4, 0.5) is 5.69 Å². The van der Waals surface area contributed by atoms with Crippen molar-refractivity contribution in [1.82, 2.24) is 4.98 Å². The van der Waals surface area contributed by atoms with E-state index in [0.717, 1.165) is 0 Å². The summed E-state index contributed by atoms with van der Waals surface area (Å²) in [7, 11) is 0. The summed E-state index contributed by atoms with van der Waals surface area (Å²) in [4.78, 5) is 3.87. The molecule has 5 nitrogen and oxygen atoms in total. The number of nitrogen functional groups attached to an aromatic ring is 1. The highest BCUT2D eigenvalue weighted by Gasteiger charge is 2.04. The van der Waals surface area contributed by atoms with Gasteiger partial charge < -0.3 is 15.6 Å². The molecule has 0 unspecified atom stereocenters. The first-order valence-corrected chi connectivity index (χ1v) is 4.17. The van der Waals surface area contributed by atoms with E-state index in [1.54, 1.807) is 0 Å². The van der Waals surface area contributed by atoms with Crippen LogP contribution in [0.25, 0.3) is 0 Å². The molecule has 0 spiro atoms. The topological polar surface area (TPSA) is 92.2 Å². The highest BCUT2D eigenvalue weighted by atomic mass is 16.5. The number of rotatable bonds is 4. The number of pyridine rings is 1. The number of hydrogen-bond donors (Lipinski definition) is 2. The molecule has 0 atom stereocenters. The highest BCUT2D eigenvalue weighted by Crippen LogP contribution is 2.16. The maximum Gasteiger partial charge on any atom is 0.231 e. The van der Waals surface area contributed by atoms with E-state index < -0.39 is 0 Å². The average Bonchev–Trinajstić information content (AvgIpc) is 2.20. The Bertz CT molecular complexity index is 346. The highest BCUT2D eigenvalue weighted by molar-refractivity contribution is 5.48. The minimum Gasteiger partial charge on any atom is -0.477 e. The van der Waals surface area contributed by atoms with E-state index in [2.05, 4.69) is 4.98 Å². The van der Waals surface area contributed by atoms with E-state index in [9.17, 15) is 0 Å². The Kier molecular flexibility index (Phi) is 3.70. The van der Waals surface area contributed by atoms with Gasteiger partial charge in [0, 0.05) is 13.0 Å². The number of aliphatic hydroxyl groups excluding tert-OH is 1. The van der Waals surface area contributed by atoms with Gasteiger partial charge in [0.15, 0.2) is 0 Å². The number of anilines is 1. The summed E-state index contributed by atoms with van der Waals surface area (Å²) < 4.78 is 5.17. The standard InChI is InChI=1S/C9H11N3O2/c10-5-7-4-8(11)6-12-9(7)14-3-1-2-13/h4,6,13H,1-3,11H2.